The molecule has 0 radical (unpaired) electrons. The third kappa shape index (κ3) is 4.77. The monoisotopic (exact) mass is 255 g/mol. The highest BCUT2D eigenvalue weighted by atomic mass is 32.2. The molecule has 0 bridgehead atoms. The summed E-state index contributed by atoms with van der Waals surface area (Å²) in [7, 11) is 3.87. The molecule has 1 aromatic rings. The number of aromatic nitrogens is 3. The van der Waals surface area contributed by atoms with Gasteiger partial charge in [-0.15, -0.1) is 0 Å². The highest BCUT2D eigenvalue weighted by molar-refractivity contribution is 7.99. The summed E-state index contributed by atoms with van der Waals surface area (Å²) in [6, 6.07) is 0. The van der Waals surface area contributed by atoms with Crippen molar-refractivity contribution in [2.24, 2.45) is 0 Å². The minimum atomic E-state index is 0.464. The van der Waals surface area contributed by atoms with Crippen LogP contribution in [-0.4, -0.2) is 40.8 Å². The van der Waals surface area contributed by atoms with E-state index in [1.165, 1.54) is 0 Å². The number of thioether (sulfide) groups is 1. The maximum Gasteiger partial charge on any atom is 0.230 e. The summed E-state index contributed by atoms with van der Waals surface area (Å²) in [5.41, 5.74) is 0. The Bertz CT molecular complexity index is 354. The Morgan fingerprint density at radius 3 is 2.47 bits per heavy atom. The van der Waals surface area contributed by atoms with Crippen molar-refractivity contribution < 1.29 is 0 Å². The molecule has 0 unspecified atom stereocenters. The van der Waals surface area contributed by atoms with E-state index in [1.807, 2.05) is 19.0 Å². The van der Waals surface area contributed by atoms with Crippen LogP contribution in [0.15, 0.2) is 5.16 Å². The average molecular weight is 255 g/mol. The minimum Gasteiger partial charge on any atom is -0.354 e. The Hall–Kier alpha value is -1.04. The topological polar surface area (TPSA) is 53.9 Å². The van der Waals surface area contributed by atoms with E-state index in [9.17, 15) is 0 Å². The smallest absolute Gasteiger partial charge is 0.230 e. The number of nitrogens with one attached hydrogen (secondary N) is 1. The first-order chi connectivity index (χ1) is 8.02. The van der Waals surface area contributed by atoms with Crippen LogP contribution in [0, 0.1) is 0 Å². The summed E-state index contributed by atoms with van der Waals surface area (Å²) < 4.78 is 0. The van der Waals surface area contributed by atoms with E-state index in [4.69, 9.17) is 0 Å². The first kappa shape index (κ1) is 14.0. The highest BCUT2D eigenvalue weighted by Gasteiger charge is 2.09. The molecule has 0 saturated carbocycles. The predicted molar refractivity (Wildman–Crippen MR) is 73.9 cm³/mol. The van der Waals surface area contributed by atoms with E-state index in [2.05, 4.69) is 41.0 Å². The lowest BCUT2D eigenvalue weighted by molar-refractivity contribution is 0.849. The molecule has 0 fully saturated rings. The quantitative estimate of drug-likeness (QED) is 0.787. The van der Waals surface area contributed by atoms with Crippen LogP contribution < -0.4 is 10.2 Å². The van der Waals surface area contributed by atoms with Gasteiger partial charge in [0.05, 0.1) is 0 Å². The summed E-state index contributed by atoms with van der Waals surface area (Å²) in [5, 5.41) is 4.44. The maximum atomic E-state index is 4.41. The van der Waals surface area contributed by atoms with Gasteiger partial charge in [0.25, 0.3) is 0 Å². The number of nitrogens with zero attached hydrogens (tertiary/aromatic N) is 4. The van der Waals surface area contributed by atoms with Crippen molar-refractivity contribution in [1.29, 1.82) is 0 Å². The molecule has 0 aromatic carbocycles. The molecule has 0 spiro atoms. The molecule has 6 heteroatoms. The summed E-state index contributed by atoms with van der Waals surface area (Å²) in [5.74, 6) is 1.36. The molecule has 1 rings (SSSR count). The van der Waals surface area contributed by atoms with Crippen molar-refractivity contribution in [2.45, 2.75) is 37.6 Å². The van der Waals surface area contributed by atoms with E-state index in [-0.39, 0.29) is 0 Å². The van der Waals surface area contributed by atoms with Gasteiger partial charge in [0.2, 0.25) is 11.9 Å². The molecule has 1 heterocycles. The molecule has 0 aliphatic carbocycles. The normalized spacial score (nSPS) is 10.7. The molecule has 17 heavy (non-hydrogen) atoms. The lowest BCUT2D eigenvalue weighted by Gasteiger charge is -2.13. The van der Waals surface area contributed by atoms with Gasteiger partial charge < -0.3 is 10.2 Å². The van der Waals surface area contributed by atoms with Gasteiger partial charge in [0, 0.05) is 25.9 Å². The van der Waals surface area contributed by atoms with Crippen LogP contribution in [0.4, 0.5) is 11.9 Å². The molecule has 1 N–H and O–H groups in total. The van der Waals surface area contributed by atoms with Crippen molar-refractivity contribution in [2.75, 3.05) is 30.9 Å². The Labute approximate surface area is 107 Å². The van der Waals surface area contributed by atoms with Gasteiger partial charge in [-0.25, -0.2) is 0 Å². The number of anilines is 2. The van der Waals surface area contributed by atoms with Crippen LogP contribution in [-0.2, 0) is 0 Å². The molecule has 96 valence electrons. The zero-order chi connectivity index (χ0) is 12.8. The van der Waals surface area contributed by atoms with Crippen molar-refractivity contribution in [3.8, 4) is 0 Å². The summed E-state index contributed by atoms with van der Waals surface area (Å²) in [6.45, 7) is 7.25. The lowest BCUT2D eigenvalue weighted by Crippen LogP contribution is -2.16. The van der Waals surface area contributed by atoms with Crippen molar-refractivity contribution in [1.82, 2.24) is 15.0 Å². The van der Waals surface area contributed by atoms with Crippen molar-refractivity contribution >= 4 is 23.7 Å². The Morgan fingerprint density at radius 1 is 1.24 bits per heavy atom. The third-order valence-corrected chi connectivity index (χ3v) is 2.74. The predicted octanol–water partition coefficient (Wildman–Crippen LogP) is 2.26. The SMILES string of the molecule is CCCNc1nc(SC(C)C)nc(N(C)C)n1. The fourth-order valence-corrected chi connectivity index (χ4v) is 1.82. The molecule has 0 saturated heterocycles. The molecular weight excluding hydrogens is 234 g/mol. The second kappa shape index (κ2) is 6.64. The van der Waals surface area contributed by atoms with E-state index in [0.29, 0.717) is 17.1 Å². The number of hydrogen-bond donors (Lipinski definition) is 1. The van der Waals surface area contributed by atoms with E-state index in [1.54, 1.807) is 11.8 Å². The molecular formula is C11H21N5S. The van der Waals surface area contributed by atoms with Crippen LogP contribution in [0.2, 0.25) is 0 Å². The van der Waals surface area contributed by atoms with Crippen LogP contribution in [0.25, 0.3) is 0 Å². The second-order valence-electron chi connectivity index (χ2n) is 4.23. The highest BCUT2D eigenvalue weighted by Crippen LogP contribution is 2.21. The standard InChI is InChI=1S/C11H21N5S/c1-6-7-12-9-13-10(16(4)5)15-11(14-9)17-8(2)3/h8H,6-7H2,1-5H3,(H,12,13,14,15). The number of rotatable bonds is 6. The lowest BCUT2D eigenvalue weighted by atomic mass is 10.5. The van der Waals surface area contributed by atoms with E-state index >= 15 is 0 Å². The Balaban J connectivity index is 2.92. The van der Waals surface area contributed by atoms with Crippen LogP contribution >= 0.6 is 11.8 Å². The fraction of sp³-hybridized carbons (Fsp3) is 0.727. The van der Waals surface area contributed by atoms with Crippen LogP contribution in [0.1, 0.15) is 27.2 Å². The van der Waals surface area contributed by atoms with Crippen LogP contribution in [0.3, 0.4) is 0 Å². The summed E-state index contributed by atoms with van der Waals surface area (Å²) in [6.07, 6.45) is 1.05. The van der Waals surface area contributed by atoms with Crippen molar-refractivity contribution in [3.63, 3.8) is 0 Å². The van der Waals surface area contributed by atoms with Gasteiger partial charge in [0.1, 0.15) is 0 Å². The molecule has 0 aliphatic rings. The molecule has 0 atom stereocenters. The first-order valence-electron chi connectivity index (χ1n) is 5.86. The second-order valence-corrected chi connectivity index (χ2v) is 5.77. The molecule has 1 aromatic heterocycles. The minimum absolute atomic E-state index is 0.464. The molecule has 0 amide bonds. The Kier molecular flexibility index (Phi) is 5.47. The van der Waals surface area contributed by atoms with Gasteiger partial charge in [-0.2, -0.15) is 15.0 Å². The van der Waals surface area contributed by atoms with Crippen molar-refractivity contribution in [3.05, 3.63) is 0 Å². The average Bonchev–Trinajstić information content (AvgIpc) is 2.25. The van der Waals surface area contributed by atoms with Gasteiger partial charge in [0.15, 0.2) is 5.16 Å². The first-order valence-corrected chi connectivity index (χ1v) is 6.74. The fourth-order valence-electron chi connectivity index (χ4n) is 1.13. The van der Waals surface area contributed by atoms with Gasteiger partial charge in [-0.1, -0.05) is 32.5 Å². The van der Waals surface area contributed by atoms with Gasteiger partial charge >= 0.3 is 0 Å². The zero-order valence-corrected chi connectivity index (χ0v) is 12.0. The summed E-state index contributed by atoms with van der Waals surface area (Å²) >= 11 is 1.65. The van der Waals surface area contributed by atoms with Gasteiger partial charge in [-0.05, 0) is 6.42 Å². The maximum absolute atomic E-state index is 4.41. The largest absolute Gasteiger partial charge is 0.354 e. The van der Waals surface area contributed by atoms with Crippen LogP contribution in [0.5, 0.6) is 0 Å². The van der Waals surface area contributed by atoms with E-state index < -0.39 is 0 Å². The zero-order valence-electron chi connectivity index (χ0n) is 11.2. The Morgan fingerprint density at radius 2 is 1.94 bits per heavy atom. The molecule has 0 aliphatic heterocycles. The molecule has 5 nitrogen and oxygen atoms in total. The number of hydrogen-bond acceptors (Lipinski definition) is 6. The summed E-state index contributed by atoms with van der Waals surface area (Å²) in [4.78, 5) is 15.1. The van der Waals surface area contributed by atoms with Gasteiger partial charge in [-0.3, -0.25) is 0 Å². The third-order valence-electron chi connectivity index (χ3n) is 1.88. The van der Waals surface area contributed by atoms with E-state index in [0.717, 1.165) is 18.1 Å².